The van der Waals surface area contributed by atoms with E-state index in [1.54, 1.807) is 30.3 Å². The van der Waals surface area contributed by atoms with Crippen molar-refractivity contribution >= 4 is 5.97 Å². The molecule has 0 aromatic heterocycles. The van der Waals surface area contributed by atoms with Crippen LogP contribution in [0.25, 0.3) is 0 Å². The molecule has 1 rings (SSSR count). The van der Waals surface area contributed by atoms with Gasteiger partial charge in [0.25, 0.3) is 0 Å². The predicted octanol–water partition coefficient (Wildman–Crippen LogP) is 3.73. The van der Waals surface area contributed by atoms with Gasteiger partial charge in [-0.1, -0.05) is 37.3 Å². The Kier molecular flexibility index (Phi) is 12.8. The van der Waals surface area contributed by atoms with Gasteiger partial charge in [-0.15, -0.1) is 0 Å². The van der Waals surface area contributed by atoms with E-state index >= 15 is 0 Å². The summed E-state index contributed by atoms with van der Waals surface area (Å²) < 4.78 is 10.9. The largest absolute Gasteiger partial charge is 0.478 e. The molecule has 3 atom stereocenters. The lowest BCUT2D eigenvalue weighted by Gasteiger charge is -2.25. The Bertz CT molecular complexity index is 458. The molecule has 0 aliphatic heterocycles. The quantitative estimate of drug-likeness (QED) is 0.530. The lowest BCUT2D eigenvalue weighted by Crippen LogP contribution is -2.30. The minimum absolute atomic E-state index is 0.0378. The maximum atomic E-state index is 10.2. The number of allylic oxidation sites excluding steroid dienone is 2. The molecule has 0 radical (unpaired) electrons. The van der Waals surface area contributed by atoms with E-state index in [2.05, 4.69) is 13.0 Å². The van der Waals surface area contributed by atoms with Crippen molar-refractivity contribution in [2.45, 2.75) is 46.5 Å². The highest BCUT2D eigenvalue weighted by molar-refractivity contribution is 5.87. The number of hydrogen-bond acceptors (Lipinski definition) is 4. The van der Waals surface area contributed by atoms with E-state index in [0.29, 0.717) is 18.1 Å². The Labute approximate surface area is 144 Å². The Balaban J connectivity index is 0.000000496. The molecule has 3 unspecified atom stereocenters. The molecule has 0 saturated heterocycles. The second-order valence-corrected chi connectivity index (χ2v) is 5.33. The Morgan fingerprint density at radius 3 is 2.29 bits per heavy atom. The number of aromatic carboxylic acids is 1. The number of aliphatic hydroxyl groups excluding tert-OH is 1. The number of hydrogen-bond donors (Lipinski definition) is 2. The van der Waals surface area contributed by atoms with Crippen LogP contribution in [0.15, 0.2) is 42.5 Å². The minimum atomic E-state index is -0.879. The summed E-state index contributed by atoms with van der Waals surface area (Å²) in [5.41, 5.74) is 0.331. The summed E-state index contributed by atoms with van der Waals surface area (Å²) in [5.74, 6) is -0.579. The Morgan fingerprint density at radius 1 is 1.25 bits per heavy atom. The zero-order valence-corrected chi connectivity index (χ0v) is 15.0. The van der Waals surface area contributed by atoms with Gasteiger partial charge in [-0.2, -0.15) is 0 Å². The van der Waals surface area contributed by atoms with Gasteiger partial charge in [0.15, 0.2) is 6.29 Å². The molecule has 0 heterocycles. The standard InChI is InChI=1S/C12H24O3.C7H6O2/c1-5-7-8-10(3)12(9-13)15-11(4)14-6-2;8-7(9)6-4-2-1-3-5-6/h5,7,10-13H,6,8-9H2,1-4H3;1-5H,(H,8,9). The average molecular weight is 338 g/mol. The molecule has 2 N–H and O–H groups in total. The molecule has 0 fully saturated rings. The summed E-state index contributed by atoms with van der Waals surface area (Å²) in [7, 11) is 0. The van der Waals surface area contributed by atoms with Gasteiger partial charge in [0.1, 0.15) is 0 Å². The van der Waals surface area contributed by atoms with Crippen molar-refractivity contribution in [2.75, 3.05) is 13.2 Å². The first-order valence-corrected chi connectivity index (χ1v) is 8.23. The van der Waals surface area contributed by atoms with E-state index in [-0.39, 0.29) is 19.0 Å². The van der Waals surface area contributed by atoms with Gasteiger partial charge in [-0.3, -0.25) is 0 Å². The first kappa shape index (κ1) is 22.3. The number of ether oxygens (including phenoxy) is 2. The van der Waals surface area contributed by atoms with Crippen LogP contribution in [0.3, 0.4) is 0 Å². The van der Waals surface area contributed by atoms with Crippen molar-refractivity contribution in [2.24, 2.45) is 5.92 Å². The van der Waals surface area contributed by atoms with Gasteiger partial charge in [0, 0.05) is 6.61 Å². The molecular formula is C19H30O5. The molecule has 0 bridgehead atoms. The molecule has 0 saturated carbocycles. The SMILES string of the molecule is CC=CCC(C)C(CO)OC(C)OCC.O=C(O)c1ccccc1. The van der Waals surface area contributed by atoms with Crippen LogP contribution in [0.1, 0.15) is 44.5 Å². The van der Waals surface area contributed by atoms with Gasteiger partial charge >= 0.3 is 5.97 Å². The number of rotatable bonds is 9. The minimum Gasteiger partial charge on any atom is -0.478 e. The van der Waals surface area contributed by atoms with E-state index in [9.17, 15) is 9.90 Å². The van der Waals surface area contributed by atoms with Crippen molar-refractivity contribution in [3.8, 4) is 0 Å². The van der Waals surface area contributed by atoms with Gasteiger partial charge in [0.2, 0.25) is 0 Å². The lowest BCUT2D eigenvalue weighted by molar-refractivity contribution is -0.177. The zero-order chi connectivity index (χ0) is 18.4. The van der Waals surface area contributed by atoms with Crippen LogP contribution in [-0.4, -0.2) is 41.8 Å². The van der Waals surface area contributed by atoms with Gasteiger partial charge in [-0.25, -0.2) is 4.79 Å². The van der Waals surface area contributed by atoms with Crippen LogP contribution in [0.4, 0.5) is 0 Å². The summed E-state index contributed by atoms with van der Waals surface area (Å²) >= 11 is 0. The van der Waals surface area contributed by atoms with Gasteiger partial charge in [0.05, 0.1) is 18.3 Å². The fourth-order valence-corrected chi connectivity index (χ4v) is 1.96. The number of benzene rings is 1. The Hall–Kier alpha value is -1.69. The number of carboxylic acid groups (broad SMARTS) is 1. The molecule has 0 aliphatic rings. The molecule has 5 nitrogen and oxygen atoms in total. The lowest BCUT2D eigenvalue weighted by atomic mass is 10.0. The number of carboxylic acids is 1. The molecule has 1 aromatic carbocycles. The summed E-state index contributed by atoms with van der Waals surface area (Å²) in [6, 6.07) is 8.30. The first-order valence-electron chi connectivity index (χ1n) is 8.23. The normalized spacial score (nSPS) is 14.5. The number of carbonyl (C=O) groups is 1. The van der Waals surface area contributed by atoms with Crippen LogP contribution in [0.2, 0.25) is 0 Å². The van der Waals surface area contributed by atoms with Crippen LogP contribution in [-0.2, 0) is 9.47 Å². The van der Waals surface area contributed by atoms with Crippen molar-refractivity contribution in [3.63, 3.8) is 0 Å². The fourth-order valence-electron chi connectivity index (χ4n) is 1.96. The highest BCUT2D eigenvalue weighted by Gasteiger charge is 2.18. The van der Waals surface area contributed by atoms with E-state index < -0.39 is 5.97 Å². The molecule has 136 valence electrons. The topological polar surface area (TPSA) is 76.0 Å². The maximum Gasteiger partial charge on any atom is 0.335 e. The monoisotopic (exact) mass is 338 g/mol. The van der Waals surface area contributed by atoms with E-state index in [0.717, 1.165) is 6.42 Å². The van der Waals surface area contributed by atoms with Crippen LogP contribution in [0.5, 0.6) is 0 Å². The first-order chi connectivity index (χ1) is 11.5. The molecule has 0 amide bonds. The summed E-state index contributed by atoms with van der Waals surface area (Å²) in [6.45, 7) is 8.51. The van der Waals surface area contributed by atoms with Gasteiger partial charge in [-0.05, 0) is 45.2 Å². The third-order valence-corrected chi connectivity index (χ3v) is 3.35. The van der Waals surface area contributed by atoms with E-state index in [1.807, 2.05) is 26.8 Å². The average Bonchev–Trinajstić information content (AvgIpc) is 2.59. The third kappa shape index (κ3) is 10.2. The van der Waals surface area contributed by atoms with Crippen LogP contribution < -0.4 is 0 Å². The highest BCUT2D eigenvalue weighted by Crippen LogP contribution is 2.14. The second kappa shape index (κ2) is 13.7. The fraction of sp³-hybridized carbons (Fsp3) is 0.526. The van der Waals surface area contributed by atoms with Crippen molar-refractivity contribution < 1.29 is 24.5 Å². The second-order valence-electron chi connectivity index (χ2n) is 5.33. The van der Waals surface area contributed by atoms with Gasteiger partial charge < -0.3 is 19.7 Å². The predicted molar refractivity (Wildman–Crippen MR) is 95.0 cm³/mol. The molecule has 1 aromatic rings. The molecule has 0 aliphatic carbocycles. The molecule has 5 heteroatoms. The molecule has 0 spiro atoms. The highest BCUT2D eigenvalue weighted by atomic mass is 16.7. The zero-order valence-electron chi connectivity index (χ0n) is 15.0. The van der Waals surface area contributed by atoms with Crippen LogP contribution in [0, 0.1) is 5.92 Å². The van der Waals surface area contributed by atoms with Crippen molar-refractivity contribution in [1.82, 2.24) is 0 Å². The summed E-state index contributed by atoms with van der Waals surface area (Å²) in [6.07, 6.45) is 4.61. The third-order valence-electron chi connectivity index (χ3n) is 3.35. The maximum absolute atomic E-state index is 10.2. The van der Waals surface area contributed by atoms with E-state index in [4.69, 9.17) is 14.6 Å². The molecule has 24 heavy (non-hydrogen) atoms. The summed E-state index contributed by atoms with van der Waals surface area (Å²) in [4.78, 5) is 10.2. The van der Waals surface area contributed by atoms with Crippen molar-refractivity contribution in [1.29, 1.82) is 0 Å². The van der Waals surface area contributed by atoms with E-state index in [1.165, 1.54) is 0 Å². The summed E-state index contributed by atoms with van der Waals surface area (Å²) in [5, 5.41) is 17.6. The Morgan fingerprint density at radius 2 is 1.88 bits per heavy atom. The number of aliphatic hydroxyl groups is 1. The van der Waals surface area contributed by atoms with Crippen LogP contribution >= 0.6 is 0 Å². The molecular weight excluding hydrogens is 308 g/mol. The van der Waals surface area contributed by atoms with Crippen molar-refractivity contribution in [3.05, 3.63) is 48.0 Å². The smallest absolute Gasteiger partial charge is 0.335 e.